The monoisotopic (exact) mass is 570 g/mol. The predicted molar refractivity (Wildman–Crippen MR) is 164 cm³/mol. The molecule has 0 heterocycles. The van der Waals surface area contributed by atoms with Crippen LogP contribution in [0.25, 0.3) is 0 Å². The zero-order valence-electron chi connectivity index (χ0n) is 25.5. The Morgan fingerprint density at radius 2 is 1.12 bits per heavy atom. The van der Waals surface area contributed by atoms with E-state index in [0.29, 0.717) is 25.0 Å². The van der Waals surface area contributed by atoms with E-state index in [1.807, 2.05) is 0 Å². The molecule has 4 aliphatic rings. The van der Waals surface area contributed by atoms with Crippen molar-refractivity contribution in [3.05, 3.63) is 12.8 Å². The molecule has 0 bridgehead atoms. The summed E-state index contributed by atoms with van der Waals surface area (Å²) < 4.78 is 10.9. The highest BCUT2D eigenvalue weighted by Gasteiger charge is 2.36. The Hall–Kier alpha value is -2.89. The van der Waals surface area contributed by atoms with Gasteiger partial charge in [0.15, 0.2) is 0 Å². The zero-order chi connectivity index (χ0) is 29.6. The van der Waals surface area contributed by atoms with Gasteiger partial charge in [-0.2, -0.15) is 10.5 Å². The molecule has 0 aromatic rings. The van der Waals surface area contributed by atoms with Crippen LogP contribution >= 0.6 is 0 Å². The molecule has 0 aromatic heterocycles. The molecule has 0 aromatic carbocycles. The molecule has 4 saturated carbocycles. The minimum Gasteiger partial charge on any atom is -0.502 e. The second kappa shape index (κ2) is 17.3. The molecule has 0 spiro atoms. The van der Waals surface area contributed by atoms with Crippen molar-refractivity contribution < 1.29 is 14.3 Å². The Morgan fingerprint density at radius 1 is 0.643 bits per heavy atom. The van der Waals surface area contributed by atoms with Crippen LogP contribution in [-0.4, -0.2) is 19.2 Å². The highest BCUT2D eigenvalue weighted by molar-refractivity contribution is 5.73. The predicted octanol–water partition coefficient (Wildman–Crippen LogP) is 7.98. The first-order valence-electron chi connectivity index (χ1n) is 16.8. The third-order valence-electron chi connectivity index (χ3n) is 10.4. The fraction of sp³-hybridized carbons (Fsp3) is 0.757. The van der Waals surface area contributed by atoms with E-state index >= 15 is 0 Å². The van der Waals surface area contributed by atoms with Crippen molar-refractivity contribution in [3.63, 3.8) is 0 Å². The largest absolute Gasteiger partial charge is 0.502 e. The summed E-state index contributed by atoms with van der Waals surface area (Å²) in [6.45, 7) is 4.56. The maximum absolute atomic E-state index is 13.3. The van der Waals surface area contributed by atoms with Crippen LogP contribution in [0.1, 0.15) is 109 Å². The van der Waals surface area contributed by atoms with Crippen LogP contribution in [0.3, 0.4) is 0 Å². The summed E-state index contributed by atoms with van der Waals surface area (Å²) in [7, 11) is 0. The third kappa shape index (κ3) is 9.84. The van der Waals surface area contributed by atoms with Gasteiger partial charge in [0.1, 0.15) is 0 Å². The van der Waals surface area contributed by atoms with Crippen molar-refractivity contribution in [1.82, 2.24) is 0 Å². The van der Waals surface area contributed by atoms with Gasteiger partial charge in [0.2, 0.25) is 0 Å². The molecule has 0 N–H and O–H groups in total. The molecule has 4 rings (SSSR count). The Morgan fingerprint density at radius 3 is 1.71 bits per heavy atom. The van der Waals surface area contributed by atoms with Crippen LogP contribution in [0.4, 0.5) is 0 Å². The van der Waals surface area contributed by atoms with E-state index in [4.69, 9.17) is 9.47 Å². The molecule has 0 amide bonds. The normalized spacial score (nSPS) is 34.6. The summed E-state index contributed by atoms with van der Waals surface area (Å²) in [5.74, 6) is 17.1. The second-order valence-electron chi connectivity index (χ2n) is 13.2. The number of hydrogen-bond acceptors (Lipinski definition) is 5. The van der Waals surface area contributed by atoms with Crippen LogP contribution in [0, 0.1) is 99.6 Å². The van der Waals surface area contributed by atoms with Crippen molar-refractivity contribution in [3.8, 4) is 35.8 Å². The molecule has 0 saturated heterocycles. The quantitative estimate of drug-likeness (QED) is 0.128. The lowest BCUT2D eigenvalue weighted by Crippen LogP contribution is -2.32. The minimum absolute atomic E-state index is 0.0277. The number of nitrogens with zero attached hydrogens (tertiary/aromatic N) is 2. The van der Waals surface area contributed by atoms with Gasteiger partial charge < -0.3 is 9.47 Å². The topological polar surface area (TPSA) is 83.1 Å². The Balaban J connectivity index is 1.29. The molecule has 5 heteroatoms. The number of ether oxygens (including phenoxy) is 2. The lowest BCUT2D eigenvalue weighted by atomic mass is 9.69. The minimum atomic E-state index is -0.218. The number of esters is 1. The van der Waals surface area contributed by atoms with Crippen molar-refractivity contribution in [2.75, 3.05) is 13.2 Å². The SMILES string of the molecule is C=COCCCCOC(=O)C1CC(C#CC2CCC(C3CCC(C#N)CC3)CC2)CCC1C#CC1CCC(C#N)CC1. The molecule has 226 valence electrons. The smallest absolute Gasteiger partial charge is 0.310 e. The van der Waals surface area contributed by atoms with Gasteiger partial charge in [0.25, 0.3) is 0 Å². The first-order chi connectivity index (χ1) is 20.6. The van der Waals surface area contributed by atoms with Crippen molar-refractivity contribution in [1.29, 1.82) is 10.5 Å². The lowest BCUT2D eigenvalue weighted by Gasteiger charge is -2.35. The van der Waals surface area contributed by atoms with Gasteiger partial charge >= 0.3 is 5.97 Å². The number of nitriles is 2. The lowest BCUT2D eigenvalue weighted by molar-refractivity contribution is -0.151. The molecule has 42 heavy (non-hydrogen) atoms. The molecule has 4 aliphatic carbocycles. The van der Waals surface area contributed by atoms with Gasteiger partial charge in [-0.1, -0.05) is 30.3 Å². The van der Waals surface area contributed by atoms with E-state index in [9.17, 15) is 15.3 Å². The number of unbranched alkanes of at least 4 members (excludes halogenated alkanes) is 1. The summed E-state index contributed by atoms with van der Waals surface area (Å²) in [5.41, 5.74) is 0. The van der Waals surface area contributed by atoms with Crippen molar-refractivity contribution >= 4 is 5.97 Å². The van der Waals surface area contributed by atoms with Gasteiger partial charge in [0.05, 0.1) is 37.5 Å². The van der Waals surface area contributed by atoms with Crippen LogP contribution in [0.2, 0.25) is 0 Å². The number of carbonyl (C=O) groups is 1. The Kier molecular flexibility index (Phi) is 13.2. The van der Waals surface area contributed by atoms with Crippen LogP contribution in [0.15, 0.2) is 12.8 Å². The molecule has 0 aliphatic heterocycles. The van der Waals surface area contributed by atoms with Crippen LogP contribution < -0.4 is 0 Å². The Bertz CT molecular complexity index is 1070. The maximum atomic E-state index is 13.3. The van der Waals surface area contributed by atoms with Gasteiger partial charge in [-0.15, -0.1) is 0 Å². The van der Waals surface area contributed by atoms with Crippen molar-refractivity contribution in [2.45, 2.75) is 109 Å². The van der Waals surface area contributed by atoms with E-state index in [0.717, 1.165) is 82.5 Å². The molecule has 3 atom stereocenters. The number of rotatable bonds is 8. The maximum Gasteiger partial charge on any atom is 0.310 e. The summed E-state index contributed by atoms with van der Waals surface area (Å²) in [6.07, 6.45) is 19.1. The van der Waals surface area contributed by atoms with Crippen LogP contribution in [-0.2, 0) is 14.3 Å². The Labute approximate surface area is 254 Å². The fourth-order valence-corrected chi connectivity index (χ4v) is 7.67. The molecule has 0 radical (unpaired) electrons. The number of hydrogen-bond donors (Lipinski definition) is 0. The zero-order valence-corrected chi connectivity index (χ0v) is 25.5. The standard InChI is InChI=1S/C37H50N2O3/c1-2-41-23-3-4-24-42-37(40)36-25-30(14-22-35(36)21-13-28-6-9-31(26-38)10-7-28)8-5-29-11-17-33(18-12-29)34-19-15-32(27-39)16-20-34/h2,28-36H,1,3-4,6-7,9-12,14-20,22-25H2. The third-order valence-corrected chi connectivity index (χ3v) is 10.4. The highest BCUT2D eigenvalue weighted by Crippen LogP contribution is 2.41. The number of carbonyl (C=O) groups excluding carboxylic acids is 1. The molecular formula is C37H50N2O3. The van der Waals surface area contributed by atoms with Gasteiger partial charge in [-0.25, -0.2) is 0 Å². The van der Waals surface area contributed by atoms with E-state index in [2.05, 4.69) is 42.4 Å². The van der Waals surface area contributed by atoms with E-state index in [1.165, 1.54) is 44.8 Å². The molecular weight excluding hydrogens is 520 g/mol. The van der Waals surface area contributed by atoms with E-state index < -0.39 is 0 Å². The molecule has 5 nitrogen and oxygen atoms in total. The summed E-state index contributed by atoms with van der Waals surface area (Å²) in [5, 5.41) is 18.4. The average molecular weight is 571 g/mol. The summed E-state index contributed by atoms with van der Waals surface area (Å²) in [6, 6.07) is 4.87. The highest BCUT2D eigenvalue weighted by atomic mass is 16.5. The van der Waals surface area contributed by atoms with Gasteiger partial charge in [-0.05, 0) is 121 Å². The summed E-state index contributed by atoms with van der Waals surface area (Å²) >= 11 is 0. The van der Waals surface area contributed by atoms with E-state index in [1.54, 1.807) is 0 Å². The average Bonchev–Trinajstić information content (AvgIpc) is 3.05. The first kappa shape index (κ1) is 32.0. The van der Waals surface area contributed by atoms with Gasteiger partial charge in [-0.3, -0.25) is 4.79 Å². The fourth-order valence-electron chi connectivity index (χ4n) is 7.67. The van der Waals surface area contributed by atoms with Crippen LogP contribution in [0.5, 0.6) is 0 Å². The molecule has 4 fully saturated rings. The first-order valence-corrected chi connectivity index (χ1v) is 16.8. The second-order valence-corrected chi connectivity index (χ2v) is 13.2. The van der Waals surface area contributed by atoms with Gasteiger partial charge in [0, 0.05) is 35.5 Å². The van der Waals surface area contributed by atoms with E-state index in [-0.39, 0.29) is 35.6 Å². The van der Waals surface area contributed by atoms with Crippen molar-refractivity contribution in [2.24, 2.45) is 53.3 Å². The molecule has 3 unspecified atom stereocenters. The summed E-state index contributed by atoms with van der Waals surface area (Å²) in [4.78, 5) is 13.3.